The molecule has 1 aromatic rings. The van der Waals surface area contributed by atoms with Crippen LogP contribution < -0.4 is 15.4 Å². The second-order valence-electron chi connectivity index (χ2n) is 3.54. The van der Waals surface area contributed by atoms with Crippen LogP contribution in [0.1, 0.15) is 10.4 Å². The van der Waals surface area contributed by atoms with E-state index in [4.69, 9.17) is 9.84 Å². The van der Waals surface area contributed by atoms with Crippen molar-refractivity contribution in [3.05, 3.63) is 34.8 Å². The van der Waals surface area contributed by atoms with E-state index >= 15 is 0 Å². The van der Waals surface area contributed by atoms with Crippen LogP contribution in [0.5, 0.6) is 5.75 Å². The fourth-order valence-corrected chi connectivity index (χ4v) is 1.42. The van der Waals surface area contributed by atoms with Crippen molar-refractivity contribution < 1.29 is 19.4 Å². The number of aromatic carboxylic acids is 1. The molecule has 0 radical (unpaired) electrons. The second-order valence-corrected chi connectivity index (χ2v) is 4.66. The smallest absolute Gasteiger partial charge is 0.337 e. The highest BCUT2D eigenvalue weighted by molar-refractivity contribution is 9.11. The third-order valence-electron chi connectivity index (χ3n) is 2.15. The molecule has 0 aliphatic rings. The minimum atomic E-state index is -1.14. The van der Waals surface area contributed by atoms with E-state index in [1.807, 2.05) is 0 Å². The van der Waals surface area contributed by atoms with E-state index in [-0.39, 0.29) is 17.8 Å². The Morgan fingerprint density at radius 1 is 1.47 bits per heavy atom. The van der Waals surface area contributed by atoms with Gasteiger partial charge in [0.15, 0.2) is 0 Å². The van der Waals surface area contributed by atoms with Gasteiger partial charge in [0.05, 0.1) is 24.9 Å². The van der Waals surface area contributed by atoms with Gasteiger partial charge in [-0.3, -0.25) is 0 Å². The average molecular weight is 329 g/mol. The van der Waals surface area contributed by atoms with Crippen LogP contribution in [-0.2, 0) is 0 Å². The molecule has 0 saturated heterocycles. The first-order valence-corrected chi connectivity index (χ1v) is 6.02. The molecule has 3 N–H and O–H groups in total. The maximum Gasteiger partial charge on any atom is 0.337 e. The van der Waals surface area contributed by atoms with Crippen LogP contribution >= 0.6 is 15.9 Å². The normalized spacial score (nSPS) is 9.58. The van der Waals surface area contributed by atoms with Gasteiger partial charge in [0, 0.05) is 10.5 Å². The van der Waals surface area contributed by atoms with Crippen LogP contribution in [0.25, 0.3) is 0 Å². The maximum absolute atomic E-state index is 11.6. The first kappa shape index (κ1) is 15.0. The Bertz CT molecular complexity index is 516. The monoisotopic (exact) mass is 328 g/mol. The molecule has 0 aromatic heterocycles. The van der Waals surface area contributed by atoms with Crippen LogP contribution in [0.15, 0.2) is 29.3 Å². The lowest BCUT2D eigenvalue weighted by Crippen LogP contribution is -2.30. The summed E-state index contributed by atoms with van der Waals surface area (Å²) in [6, 6.07) is 3.77. The molecule has 0 fully saturated rings. The molecule has 0 unspecified atom stereocenters. The number of carbonyl (C=O) groups excluding carboxylic acids is 1. The highest BCUT2D eigenvalue weighted by Gasteiger charge is 2.13. The lowest BCUT2D eigenvalue weighted by atomic mass is 10.1. The van der Waals surface area contributed by atoms with Crippen molar-refractivity contribution >= 4 is 33.6 Å². The number of ether oxygens (including phenoxy) is 1. The Morgan fingerprint density at radius 2 is 2.16 bits per heavy atom. The molecule has 1 rings (SSSR count). The quantitative estimate of drug-likeness (QED) is 0.774. The highest BCUT2D eigenvalue weighted by atomic mass is 79.9. The number of anilines is 1. The lowest BCUT2D eigenvalue weighted by molar-refractivity contribution is 0.0698. The van der Waals surface area contributed by atoms with Crippen LogP contribution in [-0.4, -0.2) is 30.8 Å². The first-order valence-electron chi connectivity index (χ1n) is 5.23. The van der Waals surface area contributed by atoms with Crippen molar-refractivity contribution in [2.45, 2.75) is 0 Å². The zero-order valence-electron chi connectivity index (χ0n) is 10.2. The Morgan fingerprint density at radius 3 is 2.68 bits per heavy atom. The Labute approximate surface area is 118 Å². The molecule has 0 spiro atoms. The molecule has 2 amide bonds. The number of carboxylic acid groups (broad SMARTS) is 1. The van der Waals surface area contributed by atoms with E-state index in [1.165, 1.54) is 25.3 Å². The number of nitrogens with one attached hydrogen (secondary N) is 2. The molecule has 0 bridgehead atoms. The summed E-state index contributed by atoms with van der Waals surface area (Å²) in [5, 5.41) is 14.0. The molecule has 0 heterocycles. The molecule has 0 aliphatic carbocycles. The minimum absolute atomic E-state index is 0.0198. The van der Waals surface area contributed by atoms with Gasteiger partial charge >= 0.3 is 12.0 Å². The zero-order valence-corrected chi connectivity index (χ0v) is 11.8. The van der Waals surface area contributed by atoms with Gasteiger partial charge < -0.3 is 20.5 Å². The molecule has 7 heteroatoms. The van der Waals surface area contributed by atoms with Crippen molar-refractivity contribution in [2.24, 2.45) is 0 Å². The average Bonchev–Trinajstić information content (AvgIpc) is 2.35. The van der Waals surface area contributed by atoms with E-state index in [0.717, 1.165) is 0 Å². The number of hydrogen-bond donors (Lipinski definition) is 3. The topological polar surface area (TPSA) is 87.7 Å². The van der Waals surface area contributed by atoms with Crippen molar-refractivity contribution in [1.82, 2.24) is 5.32 Å². The third kappa shape index (κ3) is 4.63. The van der Waals surface area contributed by atoms with Gasteiger partial charge in [-0.05, 0) is 12.1 Å². The number of urea groups is 1. The van der Waals surface area contributed by atoms with E-state index < -0.39 is 12.0 Å². The number of benzene rings is 1. The van der Waals surface area contributed by atoms with Gasteiger partial charge in [-0.25, -0.2) is 9.59 Å². The van der Waals surface area contributed by atoms with Gasteiger partial charge in [0.1, 0.15) is 5.75 Å². The highest BCUT2D eigenvalue weighted by Crippen LogP contribution is 2.22. The van der Waals surface area contributed by atoms with Gasteiger partial charge in [-0.15, -0.1) is 0 Å². The third-order valence-corrected chi connectivity index (χ3v) is 2.43. The number of methoxy groups -OCH3 is 1. The van der Waals surface area contributed by atoms with Crippen molar-refractivity contribution in [2.75, 3.05) is 19.0 Å². The van der Waals surface area contributed by atoms with Crippen molar-refractivity contribution in [3.63, 3.8) is 0 Å². The Balaban J connectivity index is 2.88. The van der Waals surface area contributed by atoms with E-state index in [1.54, 1.807) is 0 Å². The summed E-state index contributed by atoms with van der Waals surface area (Å²) in [6.45, 7) is 3.80. The summed E-state index contributed by atoms with van der Waals surface area (Å²) >= 11 is 3.10. The summed E-state index contributed by atoms with van der Waals surface area (Å²) in [4.78, 5) is 22.6. The zero-order chi connectivity index (χ0) is 14.4. The molecule has 0 aliphatic heterocycles. The van der Waals surface area contributed by atoms with E-state index in [9.17, 15) is 9.59 Å². The number of hydrogen-bond acceptors (Lipinski definition) is 3. The van der Waals surface area contributed by atoms with Crippen molar-refractivity contribution in [3.8, 4) is 5.75 Å². The van der Waals surface area contributed by atoms with Gasteiger partial charge in [-0.1, -0.05) is 22.5 Å². The molecule has 6 nitrogen and oxygen atoms in total. The van der Waals surface area contributed by atoms with E-state index in [0.29, 0.717) is 10.2 Å². The summed E-state index contributed by atoms with van der Waals surface area (Å²) in [6.07, 6.45) is 0. The standard InChI is InChI=1S/C12H13BrN2O4/c1-7(13)6-14-12(18)15-10-5-8(19-2)3-4-9(10)11(16)17/h3-5H,1,6H2,2H3,(H,16,17)(H2,14,15,18). The SMILES string of the molecule is C=C(Br)CNC(=O)Nc1cc(OC)ccc1C(=O)O. The van der Waals surface area contributed by atoms with Crippen LogP contribution in [0.3, 0.4) is 0 Å². The predicted molar refractivity (Wildman–Crippen MR) is 75.0 cm³/mol. The first-order chi connectivity index (χ1) is 8.93. The second kappa shape index (κ2) is 6.79. The fourth-order valence-electron chi connectivity index (χ4n) is 1.28. The largest absolute Gasteiger partial charge is 0.497 e. The molecule has 19 heavy (non-hydrogen) atoms. The van der Waals surface area contributed by atoms with Gasteiger partial charge in [0.25, 0.3) is 0 Å². The number of rotatable bonds is 5. The number of carbonyl (C=O) groups is 2. The lowest BCUT2D eigenvalue weighted by Gasteiger charge is -2.11. The predicted octanol–water partition coefficient (Wildman–Crippen LogP) is 2.42. The number of halogens is 1. The molecule has 0 atom stereocenters. The van der Waals surface area contributed by atoms with Gasteiger partial charge in [0.2, 0.25) is 0 Å². The summed E-state index contributed by atoms with van der Waals surface area (Å²) in [7, 11) is 1.45. The summed E-state index contributed by atoms with van der Waals surface area (Å²) < 4.78 is 5.59. The van der Waals surface area contributed by atoms with Gasteiger partial charge in [-0.2, -0.15) is 0 Å². The minimum Gasteiger partial charge on any atom is -0.497 e. The molecule has 0 saturated carbocycles. The summed E-state index contributed by atoms with van der Waals surface area (Å²) in [5.74, 6) is -0.687. The fraction of sp³-hybridized carbons (Fsp3) is 0.167. The Hall–Kier alpha value is -2.02. The molecule has 102 valence electrons. The summed E-state index contributed by atoms with van der Waals surface area (Å²) in [5.41, 5.74) is 0.137. The number of carboxylic acids is 1. The van der Waals surface area contributed by atoms with E-state index in [2.05, 4.69) is 33.1 Å². The molecule has 1 aromatic carbocycles. The van der Waals surface area contributed by atoms with Crippen LogP contribution in [0.4, 0.5) is 10.5 Å². The van der Waals surface area contributed by atoms with Crippen LogP contribution in [0, 0.1) is 0 Å². The molecular weight excluding hydrogens is 316 g/mol. The molecular formula is C12H13BrN2O4. The Kier molecular flexibility index (Phi) is 5.37. The number of amides is 2. The van der Waals surface area contributed by atoms with Crippen molar-refractivity contribution in [1.29, 1.82) is 0 Å². The van der Waals surface area contributed by atoms with Crippen LogP contribution in [0.2, 0.25) is 0 Å². The maximum atomic E-state index is 11.6.